The largest absolute Gasteiger partial charge is 0.277 e. The first-order valence-corrected chi connectivity index (χ1v) is 14.6. The Bertz CT molecular complexity index is 1870. The number of nitrogens with zero attached hydrogens (tertiary/aromatic N) is 3. The third kappa shape index (κ3) is 4.34. The molecule has 0 aliphatic heterocycles. The van der Waals surface area contributed by atoms with Gasteiger partial charge in [0.25, 0.3) is 5.56 Å². The Labute approximate surface area is 233 Å². The van der Waals surface area contributed by atoms with Crippen molar-refractivity contribution in [3.63, 3.8) is 0 Å². The summed E-state index contributed by atoms with van der Waals surface area (Å²) in [7, 11) is -3.89. The summed E-state index contributed by atoms with van der Waals surface area (Å²) >= 11 is 6.54. The van der Waals surface area contributed by atoms with Crippen molar-refractivity contribution in [3.05, 3.63) is 104 Å². The maximum absolute atomic E-state index is 16.1. The van der Waals surface area contributed by atoms with Gasteiger partial charge < -0.3 is 0 Å². The number of hydrogen-bond acceptors (Lipinski definition) is 5. The molecule has 2 fully saturated rings. The van der Waals surface area contributed by atoms with Gasteiger partial charge in [0.15, 0.2) is 21.5 Å². The molecule has 0 unspecified atom stereocenters. The number of sulfone groups is 1. The van der Waals surface area contributed by atoms with Crippen molar-refractivity contribution in [2.75, 3.05) is 0 Å². The van der Waals surface area contributed by atoms with Crippen molar-refractivity contribution in [1.29, 1.82) is 0 Å². The first-order chi connectivity index (χ1) is 19.0. The van der Waals surface area contributed by atoms with E-state index in [9.17, 15) is 17.6 Å². The van der Waals surface area contributed by atoms with Gasteiger partial charge >= 0.3 is 0 Å². The van der Waals surface area contributed by atoms with Crippen LogP contribution in [0.5, 0.6) is 0 Å². The molecule has 6 rings (SSSR count). The van der Waals surface area contributed by atoms with Crippen LogP contribution in [-0.4, -0.2) is 28.2 Å². The van der Waals surface area contributed by atoms with Crippen LogP contribution in [0.2, 0.25) is 5.02 Å². The summed E-state index contributed by atoms with van der Waals surface area (Å²) in [6, 6.07) is 6.87. The fourth-order valence-electron chi connectivity index (χ4n) is 5.32. The van der Waals surface area contributed by atoms with Crippen LogP contribution in [0.3, 0.4) is 0 Å². The Kier molecular flexibility index (Phi) is 6.38. The quantitative estimate of drug-likeness (QED) is 0.269. The zero-order valence-corrected chi connectivity index (χ0v) is 23.0. The van der Waals surface area contributed by atoms with Crippen LogP contribution in [0, 0.1) is 31.3 Å². The molecular formula is C29H23ClF3N3O3S. The van der Waals surface area contributed by atoms with Gasteiger partial charge in [-0.1, -0.05) is 17.7 Å². The van der Waals surface area contributed by atoms with E-state index in [1.807, 2.05) is 0 Å². The fourth-order valence-corrected chi connectivity index (χ4v) is 7.34. The van der Waals surface area contributed by atoms with E-state index in [0.29, 0.717) is 41.6 Å². The Morgan fingerprint density at radius 1 is 1.00 bits per heavy atom. The number of benzene rings is 1. The summed E-state index contributed by atoms with van der Waals surface area (Å²) in [5.41, 5.74) is 0.408. The Hall–Kier alpha value is -3.50. The van der Waals surface area contributed by atoms with E-state index in [2.05, 4.69) is 9.97 Å². The van der Waals surface area contributed by atoms with E-state index in [1.165, 1.54) is 24.4 Å². The van der Waals surface area contributed by atoms with Crippen molar-refractivity contribution >= 4 is 21.4 Å². The maximum Gasteiger partial charge on any atom is 0.274 e. The van der Waals surface area contributed by atoms with Gasteiger partial charge in [-0.25, -0.2) is 21.6 Å². The lowest BCUT2D eigenvalue weighted by atomic mass is 10.0. The molecular weight excluding hydrogens is 563 g/mol. The summed E-state index contributed by atoms with van der Waals surface area (Å²) < 4.78 is 71.9. The summed E-state index contributed by atoms with van der Waals surface area (Å²) in [5.74, 6) is -2.69. The molecule has 0 amide bonds. The molecule has 0 spiro atoms. The molecule has 6 nitrogen and oxygen atoms in total. The molecule has 2 aliphatic carbocycles. The maximum atomic E-state index is 16.1. The molecule has 0 N–H and O–H groups in total. The van der Waals surface area contributed by atoms with Crippen molar-refractivity contribution in [3.8, 4) is 16.9 Å². The van der Waals surface area contributed by atoms with Crippen LogP contribution in [0.1, 0.15) is 53.5 Å². The third-order valence-corrected chi connectivity index (χ3v) is 10.3. The van der Waals surface area contributed by atoms with Gasteiger partial charge in [0.1, 0.15) is 21.4 Å². The molecule has 4 aromatic rings. The van der Waals surface area contributed by atoms with Gasteiger partial charge in [0.05, 0.1) is 17.1 Å². The van der Waals surface area contributed by atoms with Crippen molar-refractivity contribution < 1.29 is 21.6 Å². The highest BCUT2D eigenvalue weighted by atomic mass is 35.5. The minimum atomic E-state index is -3.89. The molecule has 3 aromatic heterocycles. The lowest BCUT2D eigenvalue weighted by molar-refractivity contribution is 0.564. The molecule has 2 aliphatic rings. The van der Waals surface area contributed by atoms with Crippen LogP contribution >= 0.6 is 11.6 Å². The molecule has 0 bridgehead atoms. The first-order valence-electron chi connectivity index (χ1n) is 12.7. The number of aromatic nitrogens is 3. The number of rotatable bonds is 6. The summed E-state index contributed by atoms with van der Waals surface area (Å²) in [6.07, 6.45) is 5.56. The van der Waals surface area contributed by atoms with Crippen molar-refractivity contribution in [2.45, 2.75) is 55.1 Å². The van der Waals surface area contributed by atoms with E-state index >= 15 is 8.78 Å². The van der Waals surface area contributed by atoms with Gasteiger partial charge in [-0.15, -0.1) is 0 Å². The second-order valence-corrected chi connectivity index (χ2v) is 13.0. The molecule has 0 radical (unpaired) electrons. The highest BCUT2D eigenvalue weighted by Crippen LogP contribution is 2.55. The molecule has 40 heavy (non-hydrogen) atoms. The normalized spacial score (nSPS) is 18.6. The van der Waals surface area contributed by atoms with Crippen LogP contribution < -0.4 is 5.56 Å². The summed E-state index contributed by atoms with van der Waals surface area (Å²) in [4.78, 5) is 21.0. The number of pyridine rings is 3. The molecule has 3 heterocycles. The molecule has 2 saturated carbocycles. The number of hydrogen-bond donors (Lipinski definition) is 0. The van der Waals surface area contributed by atoms with Crippen molar-refractivity contribution in [2.24, 2.45) is 0 Å². The van der Waals surface area contributed by atoms with Crippen molar-refractivity contribution in [1.82, 2.24) is 14.5 Å². The highest BCUT2D eigenvalue weighted by Gasteiger charge is 2.42. The van der Waals surface area contributed by atoms with Gasteiger partial charge in [0, 0.05) is 23.7 Å². The third-order valence-electron chi connectivity index (χ3n) is 7.59. The van der Waals surface area contributed by atoms with Crippen LogP contribution in [0.25, 0.3) is 16.9 Å². The SMILES string of the molecule is Cc1cnc(-c2cccc(S(=O)(=O)C3CC3)c2F)c(F)c1-n1c(C)cc([C@H]2C[C@@H]2c2cncc(F)c2)c(Cl)c1=O. The predicted octanol–water partition coefficient (Wildman–Crippen LogP) is 6.19. The van der Waals surface area contributed by atoms with E-state index in [0.717, 1.165) is 16.8 Å². The van der Waals surface area contributed by atoms with Crippen LogP contribution in [0.4, 0.5) is 13.2 Å². The van der Waals surface area contributed by atoms with Gasteiger partial charge in [-0.2, -0.15) is 0 Å². The fraction of sp³-hybridized carbons (Fsp3) is 0.276. The monoisotopic (exact) mass is 585 g/mol. The standard InChI is InChI=1S/C29H23ClF3N3O3S/c1-14-11-35-27(19-4-3-5-23(25(19)32)40(38,39)18-6-7-18)26(33)28(14)36-15(2)8-22(24(30)29(36)37)21-10-20(21)16-9-17(31)13-34-12-16/h3-5,8-9,11-13,18,20-21H,6-7,10H2,1-2H3/t20-,21+/m1/s1. The Balaban J connectivity index is 1.44. The van der Waals surface area contributed by atoms with Crippen LogP contribution in [-0.2, 0) is 9.84 Å². The van der Waals surface area contributed by atoms with Crippen LogP contribution in [0.15, 0.2) is 58.6 Å². The molecule has 11 heteroatoms. The van der Waals surface area contributed by atoms with E-state index in [1.54, 1.807) is 26.1 Å². The minimum Gasteiger partial charge on any atom is -0.277 e. The average molecular weight is 586 g/mol. The van der Waals surface area contributed by atoms with Gasteiger partial charge in [-0.05, 0) is 85.9 Å². The molecule has 2 atom stereocenters. The highest BCUT2D eigenvalue weighted by molar-refractivity contribution is 7.92. The zero-order chi connectivity index (χ0) is 28.5. The topological polar surface area (TPSA) is 81.9 Å². The smallest absolute Gasteiger partial charge is 0.274 e. The molecule has 0 saturated heterocycles. The summed E-state index contributed by atoms with van der Waals surface area (Å²) in [5, 5.41) is -0.739. The number of aryl methyl sites for hydroxylation is 2. The molecule has 206 valence electrons. The van der Waals surface area contributed by atoms with E-state index < -0.39 is 48.7 Å². The zero-order valence-electron chi connectivity index (χ0n) is 21.5. The second-order valence-electron chi connectivity index (χ2n) is 10.4. The summed E-state index contributed by atoms with van der Waals surface area (Å²) in [6.45, 7) is 3.19. The Morgan fingerprint density at radius 2 is 1.75 bits per heavy atom. The predicted molar refractivity (Wildman–Crippen MR) is 144 cm³/mol. The van der Waals surface area contributed by atoms with Gasteiger partial charge in [0.2, 0.25) is 0 Å². The average Bonchev–Trinajstić information content (AvgIpc) is 3.82. The lowest BCUT2D eigenvalue weighted by Gasteiger charge is -2.18. The molecule has 1 aromatic carbocycles. The Morgan fingerprint density at radius 3 is 2.45 bits per heavy atom. The van der Waals surface area contributed by atoms with Gasteiger partial charge in [-0.3, -0.25) is 19.3 Å². The van der Waals surface area contributed by atoms with E-state index in [4.69, 9.17) is 11.6 Å². The lowest BCUT2D eigenvalue weighted by Crippen LogP contribution is -2.24. The second kappa shape index (κ2) is 9.55. The number of halogens is 4. The van der Waals surface area contributed by atoms with E-state index in [-0.39, 0.29) is 28.1 Å². The first kappa shape index (κ1) is 26.7. The minimum absolute atomic E-state index is 0.0523.